The largest absolute Gasteiger partial charge is 0.419 e. The van der Waals surface area contributed by atoms with Gasteiger partial charge in [0.2, 0.25) is 5.13 Å². The lowest BCUT2D eigenvalue weighted by Crippen LogP contribution is -2.08. The monoisotopic (exact) mass is 357 g/mol. The van der Waals surface area contributed by atoms with Crippen molar-refractivity contribution >= 4 is 22.2 Å². The highest BCUT2D eigenvalue weighted by Crippen LogP contribution is 2.35. The summed E-state index contributed by atoms with van der Waals surface area (Å²) in [4.78, 5) is 7.86. The van der Waals surface area contributed by atoms with Gasteiger partial charge in [-0.25, -0.2) is 9.37 Å². The van der Waals surface area contributed by atoms with Gasteiger partial charge in [0.25, 0.3) is 0 Å². The second kappa shape index (κ2) is 6.16. The van der Waals surface area contributed by atoms with Gasteiger partial charge in [-0.3, -0.25) is 4.98 Å². The van der Waals surface area contributed by atoms with Gasteiger partial charge < -0.3 is 5.32 Å². The number of rotatable bonds is 3. The van der Waals surface area contributed by atoms with Crippen LogP contribution in [0.25, 0.3) is 11.3 Å². The molecule has 3 nitrogen and oxygen atoms in total. The Morgan fingerprint density at radius 1 is 1.08 bits per heavy atom. The minimum Gasteiger partial charge on any atom is -0.331 e. The summed E-state index contributed by atoms with van der Waals surface area (Å²) < 4.78 is 65.4. The Kier molecular flexibility index (Phi) is 4.18. The van der Waals surface area contributed by atoms with Gasteiger partial charge >= 0.3 is 6.18 Å². The number of benzene rings is 1. The smallest absolute Gasteiger partial charge is 0.331 e. The number of anilines is 2. The molecule has 1 N–H and O–H groups in total. The summed E-state index contributed by atoms with van der Waals surface area (Å²) >= 11 is 0.630. The minimum absolute atomic E-state index is 0.0359. The van der Waals surface area contributed by atoms with E-state index in [4.69, 9.17) is 0 Å². The number of hydrogen-bond donors (Lipinski definition) is 1. The lowest BCUT2D eigenvalue weighted by atomic mass is 10.2. The zero-order chi connectivity index (χ0) is 17.3. The van der Waals surface area contributed by atoms with Gasteiger partial charge in [-0.1, -0.05) is 11.3 Å². The highest BCUT2D eigenvalue weighted by atomic mass is 32.1. The molecule has 0 saturated heterocycles. The van der Waals surface area contributed by atoms with Crippen LogP contribution in [-0.4, -0.2) is 9.97 Å². The number of nitrogens with zero attached hydrogens (tertiary/aromatic N) is 2. The third-order valence-electron chi connectivity index (χ3n) is 3.04. The van der Waals surface area contributed by atoms with Crippen LogP contribution in [0.4, 0.5) is 32.8 Å². The maximum atomic E-state index is 14.0. The Hall–Kier alpha value is -2.55. The number of aromatic nitrogens is 2. The van der Waals surface area contributed by atoms with Crippen molar-refractivity contribution in [1.82, 2.24) is 9.97 Å². The molecule has 0 spiro atoms. The Morgan fingerprint density at radius 2 is 1.88 bits per heavy atom. The van der Waals surface area contributed by atoms with E-state index in [0.717, 1.165) is 6.07 Å². The van der Waals surface area contributed by atoms with Gasteiger partial charge in [0, 0.05) is 23.6 Å². The van der Waals surface area contributed by atoms with E-state index >= 15 is 0 Å². The third-order valence-corrected chi connectivity index (χ3v) is 3.80. The predicted molar refractivity (Wildman–Crippen MR) is 80.0 cm³/mol. The lowest BCUT2D eigenvalue weighted by molar-refractivity contribution is -0.139. The van der Waals surface area contributed by atoms with E-state index in [1.54, 1.807) is 12.1 Å². The average molecular weight is 357 g/mol. The lowest BCUT2D eigenvalue weighted by Gasteiger charge is -2.10. The average Bonchev–Trinajstić information content (AvgIpc) is 2.89. The van der Waals surface area contributed by atoms with Gasteiger partial charge in [0.15, 0.2) is 5.13 Å². The quantitative estimate of drug-likeness (QED) is 0.651. The van der Waals surface area contributed by atoms with Crippen LogP contribution >= 0.6 is 11.3 Å². The van der Waals surface area contributed by atoms with Crippen molar-refractivity contribution in [3.8, 4) is 11.3 Å². The van der Waals surface area contributed by atoms with Crippen LogP contribution < -0.4 is 5.32 Å². The first-order valence-corrected chi connectivity index (χ1v) is 7.37. The molecule has 2 aromatic heterocycles. The molecule has 2 heterocycles. The van der Waals surface area contributed by atoms with E-state index in [9.17, 15) is 22.0 Å². The molecule has 24 heavy (non-hydrogen) atoms. The number of halogens is 5. The fourth-order valence-electron chi connectivity index (χ4n) is 1.98. The van der Waals surface area contributed by atoms with Gasteiger partial charge in [-0.05, 0) is 30.3 Å². The Morgan fingerprint density at radius 3 is 2.54 bits per heavy atom. The molecule has 0 aliphatic heterocycles. The molecule has 124 valence electrons. The van der Waals surface area contributed by atoms with Crippen LogP contribution in [0.2, 0.25) is 0 Å². The van der Waals surface area contributed by atoms with E-state index < -0.39 is 22.7 Å². The van der Waals surface area contributed by atoms with Crippen molar-refractivity contribution in [2.24, 2.45) is 0 Å². The first kappa shape index (κ1) is 16.3. The topological polar surface area (TPSA) is 37.8 Å². The van der Waals surface area contributed by atoms with Gasteiger partial charge in [0.1, 0.15) is 11.5 Å². The molecule has 0 atom stereocenters. The molecule has 0 saturated carbocycles. The van der Waals surface area contributed by atoms with E-state index in [1.165, 1.54) is 12.4 Å². The molecule has 0 unspecified atom stereocenters. The maximum absolute atomic E-state index is 14.0. The fourth-order valence-corrected chi connectivity index (χ4v) is 2.72. The van der Waals surface area contributed by atoms with E-state index in [0.29, 0.717) is 29.0 Å². The SMILES string of the molecule is Fc1ccc(Nc2nc(-c3cccnc3)c(F)s2)cc1C(F)(F)F. The molecular formula is C15H8F5N3S. The molecule has 9 heteroatoms. The summed E-state index contributed by atoms with van der Waals surface area (Å²) in [5.41, 5.74) is -0.977. The zero-order valence-electron chi connectivity index (χ0n) is 11.7. The maximum Gasteiger partial charge on any atom is 0.419 e. The first-order valence-electron chi connectivity index (χ1n) is 6.55. The summed E-state index contributed by atoms with van der Waals surface area (Å²) in [5, 5.41) is 1.99. The molecule has 0 aliphatic rings. The predicted octanol–water partition coefficient (Wildman–Crippen LogP) is 5.25. The second-order valence-electron chi connectivity index (χ2n) is 4.70. The molecule has 0 amide bonds. The van der Waals surface area contributed by atoms with Crippen LogP contribution in [0.5, 0.6) is 0 Å². The van der Waals surface area contributed by atoms with E-state index in [1.807, 2.05) is 0 Å². The van der Waals surface area contributed by atoms with Gasteiger partial charge in [-0.2, -0.15) is 17.6 Å². The summed E-state index contributed by atoms with van der Waals surface area (Å²) in [6.45, 7) is 0. The van der Waals surface area contributed by atoms with Crippen LogP contribution in [-0.2, 0) is 6.18 Å². The normalized spacial score (nSPS) is 11.5. The molecule has 0 aliphatic carbocycles. The number of nitrogens with one attached hydrogen (secondary N) is 1. The first-order chi connectivity index (χ1) is 11.3. The Labute approximate surface area is 136 Å². The van der Waals surface area contributed by atoms with Crippen molar-refractivity contribution in [2.75, 3.05) is 5.32 Å². The fraction of sp³-hybridized carbons (Fsp3) is 0.0667. The summed E-state index contributed by atoms with van der Waals surface area (Å²) in [6, 6.07) is 5.63. The Balaban J connectivity index is 1.90. The number of alkyl halides is 3. The molecule has 0 radical (unpaired) electrons. The second-order valence-corrected chi connectivity index (χ2v) is 5.65. The van der Waals surface area contributed by atoms with Crippen LogP contribution in [0.1, 0.15) is 5.56 Å². The van der Waals surface area contributed by atoms with Gasteiger partial charge in [0.05, 0.1) is 5.56 Å². The summed E-state index contributed by atoms with van der Waals surface area (Å²) in [5.74, 6) is -1.38. The van der Waals surface area contributed by atoms with Crippen molar-refractivity contribution in [3.05, 3.63) is 59.2 Å². The molecular weight excluding hydrogens is 349 g/mol. The minimum atomic E-state index is -4.82. The highest BCUT2D eigenvalue weighted by Gasteiger charge is 2.34. The number of pyridine rings is 1. The van der Waals surface area contributed by atoms with Crippen LogP contribution in [0.15, 0.2) is 42.7 Å². The molecule has 3 aromatic rings. The molecule has 0 bridgehead atoms. The van der Waals surface area contributed by atoms with Crippen LogP contribution in [0, 0.1) is 10.9 Å². The molecule has 0 fully saturated rings. The summed E-state index contributed by atoms with van der Waals surface area (Å²) in [6.07, 6.45) is -1.89. The number of thiazole rings is 1. The zero-order valence-corrected chi connectivity index (χ0v) is 12.6. The number of hydrogen-bond acceptors (Lipinski definition) is 4. The Bertz CT molecular complexity index is 861. The summed E-state index contributed by atoms with van der Waals surface area (Å²) in [7, 11) is 0. The standard InChI is InChI=1S/C15H8F5N3S/c16-11-4-3-9(6-10(11)15(18,19)20)22-14-23-12(13(17)24-14)8-2-1-5-21-7-8/h1-7H,(H,22,23). The molecule has 1 aromatic carbocycles. The van der Waals surface area contributed by atoms with Crippen molar-refractivity contribution in [3.63, 3.8) is 0 Å². The van der Waals surface area contributed by atoms with Crippen molar-refractivity contribution < 1.29 is 22.0 Å². The van der Waals surface area contributed by atoms with Gasteiger partial charge in [-0.15, -0.1) is 0 Å². The third kappa shape index (κ3) is 3.35. The van der Waals surface area contributed by atoms with Crippen molar-refractivity contribution in [2.45, 2.75) is 6.18 Å². The van der Waals surface area contributed by atoms with E-state index in [-0.39, 0.29) is 16.5 Å². The highest BCUT2D eigenvalue weighted by molar-refractivity contribution is 7.14. The molecule has 3 rings (SSSR count). The van der Waals surface area contributed by atoms with E-state index in [2.05, 4.69) is 15.3 Å². The van der Waals surface area contributed by atoms with Crippen LogP contribution in [0.3, 0.4) is 0 Å². The van der Waals surface area contributed by atoms with Crippen molar-refractivity contribution in [1.29, 1.82) is 0 Å².